The molecule has 1 aromatic rings. The summed E-state index contributed by atoms with van der Waals surface area (Å²) in [5.41, 5.74) is 2.38. The van der Waals surface area contributed by atoms with E-state index in [1.54, 1.807) is 7.11 Å². The van der Waals surface area contributed by atoms with Gasteiger partial charge in [-0.25, -0.2) is 4.18 Å². The molecule has 25 heavy (non-hydrogen) atoms. The number of fused-ring (bicyclic) bond motifs is 5. The minimum absolute atomic E-state index is 0.369. The fraction of sp³-hybridized carbons (Fsp3) is 0.684. The van der Waals surface area contributed by atoms with Gasteiger partial charge in [0.2, 0.25) is 0 Å². The van der Waals surface area contributed by atoms with Crippen molar-refractivity contribution < 1.29 is 21.9 Å². The number of rotatable bonds is 3. The van der Waals surface area contributed by atoms with Crippen LogP contribution in [0.3, 0.4) is 0 Å². The smallest absolute Gasteiger partial charge is 0.397 e. The van der Waals surface area contributed by atoms with Crippen LogP contribution in [-0.2, 0) is 14.6 Å². The van der Waals surface area contributed by atoms with Crippen molar-refractivity contribution in [2.45, 2.75) is 57.5 Å². The summed E-state index contributed by atoms with van der Waals surface area (Å²) < 4.78 is 42.5. The number of hydrogen-bond donors (Lipinski definition) is 1. The number of ether oxygens (including phenoxy) is 1. The zero-order valence-electron chi connectivity index (χ0n) is 14.8. The monoisotopic (exact) mass is 366 g/mol. The Morgan fingerprint density at radius 3 is 2.72 bits per heavy atom. The molecule has 4 unspecified atom stereocenters. The molecule has 0 saturated heterocycles. The van der Waals surface area contributed by atoms with Gasteiger partial charge >= 0.3 is 10.4 Å². The van der Waals surface area contributed by atoms with Gasteiger partial charge in [-0.2, -0.15) is 8.42 Å². The van der Waals surface area contributed by atoms with E-state index >= 15 is 0 Å². The second kappa shape index (κ2) is 5.96. The Morgan fingerprint density at radius 2 is 2.00 bits per heavy atom. The lowest BCUT2D eigenvalue weighted by Gasteiger charge is -2.50. The molecule has 3 aliphatic carbocycles. The predicted molar refractivity (Wildman–Crippen MR) is 93.9 cm³/mol. The molecule has 2 saturated carbocycles. The first kappa shape index (κ1) is 17.3. The average Bonchev–Trinajstić information content (AvgIpc) is 2.95. The third-order valence-corrected chi connectivity index (χ3v) is 7.46. The topological polar surface area (TPSA) is 72.8 Å². The Bertz CT molecular complexity index is 774. The molecule has 0 radical (unpaired) electrons. The third kappa shape index (κ3) is 2.98. The van der Waals surface area contributed by atoms with Crippen molar-refractivity contribution in [3.8, 4) is 5.75 Å². The van der Waals surface area contributed by atoms with Crippen LogP contribution in [-0.4, -0.2) is 20.1 Å². The van der Waals surface area contributed by atoms with Crippen molar-refractivity contribution >= 4 is 10.4 Å². The molecule has 5 atom stereocenters. The molecule has 5 nitrogen and oxygen atoms in total. The molecule has 0 aliphatic heterocycles. The highest BCUT2D eigenvalue weighted by molar-refractivity contribution is 7.80. The molecule has 0 amide bonds. The molecule has 6 heteroatoms. The predicted octanol–water partition coefficient (Wildman–Crippen LogP) is 4.26. The lowest BCUT2D eigenvalue weighted by atomic mass is 9.55. The maximum absolute atomic E-state index is 11.4. The van der Waals surface area contributed by atoms with E-state index in [0.717, 1.165) is 12.0 Å². The summed E-state index contributed by atoms with van der Waals surface area (Å²) >= 11 is 0. The van der Waals surface area contributed by atoms with Gasteiger partial charge < -0.3 is 4.74 Å². The first-order valence-electron chi connectivity index (χ1n) is 9.14. The van der Waals surface area contributed by atoms with Crippen molar-refractivity contribution in [1.29, 1.82) is 0 Å². The average molecular weight is 366 g/mol. The fourth-order valence-electron chi connectivity index (χ4n) is 5.90. The normalized spacial score (nSPS) is 37.1. The van der Waals surface area contributed by atoms with Crippen molar-refractivity contribution in [1.82, 2.24) is 0 Å². The molecule has 1 aromatic carbocycles. The number of methoxy groups -OCH3 is 1. The minimum atomic E-state index is -4.50. The van der Waals surface area contributed by atoms with Crippen molar-refractivity contribution in [3.05, 3.63) is 29.3 Å². The minimum Gasteiger partial charge on any atom is -0.497 e. The summed E-state index contributed by atoms with van der Waals surface area (Å²) in [5, 5.41) is 0. The van der Waals surface area contributed by atoms with E-state index in [4.69, 9.17) is 8.92 Å². The van der Waals surface area contributed by atoms with Gasteiger partial charge in [0, 0.05) is 0 Å². The number of hydrogen-bond acceptors (Lipinski definition) is 4. The molecule has 138 valence electrons. The van der Waals surface area contributed by atoms with Crippen LogP contribution in [0.2, 0.25) is 0 Å². The summed E-state index contributed by atoms with van der Waals surface area (Å²) in [6.45, 7) is 2.39. The SMILES string of the molecule is COc1ccc2c(c1)C(OS(=O)(=O)O)CC1C2CC[C@]2(C)CCCC12. The van der Waals surface area contributed by atoms with Gasteiger partial charge in [0.1, 0.15) is 11.9 Å². The second-order valence-corrected chi connectivity index (χ2v) is 9.25. The molecule has 0 aromatic heterocycles. The van der Waals surface area contributed by atoms with Crippen LogP contribution < -0.4 is 4.74 Å². The Morgan fingerprint density at radius 1 is 1.20 bits per heavy atom. The first-order chi connectivity index (χ1) is 11.8. The lowest BCUT2D eigenvalue weighted by Crippen LogP contribution is -2.41. The zero-order valence-corrected chi connectivity index (χ0v) is 15.6. The molecule has 0 spiro atoms. The van der Waals surface area contributed by atoms with Crippen LogP contribution in [0.5, 0.6) is 5.75 Å². The first-order valence-corrected chi connectivity index (χ1v) is 10.5. The Balaban J connectivity index is 1.77. The summed E-state index contributed by atoms with van der Waals surface area (Å²) in [7, 11) is -2.91. The summed E-state index contributed by atoms with van der Waals surface area (Å²) in [6, 6.07) is 5.86. The van der Waals surface area contributed by atoms with E-state index in [-0.39, 0.29) is 0 Å². The molecular weight excluding hydrogens is 340 g/mol. The molecule has 1 N–H and O–H groups in total. The van der Waals surface area contributed by atoms with Gasteiger partial charge in [-0.15, -0.1) is 0 Å². The van der Waals surface area contributed by atoms with Crippen LogP contribution in [0.1, 0.15) is 68.6 Å². The van der Waals surface area contributed by atoms with Crippen LogP contribution in [0, 0.1) is 17.3 Å². The maximum atomic E-state index is 11.4. The van der Waals surface area contributed by atoms with Gasteiger partial charge in [0.25, 0.3) is 0 Å². The quantitative estimate of drug-likeness (QED) is 0.809. The molecule has 3 aliphatic rings. The van der Waals surface area contributed by atoms with Crippen LogP contribution in [0.15, 0.2) is 18.2 Å². The third-order valence-electron chi connectivity index (χ3n) is 6.98. The van der Waals surface area contributed by atoms with E-state index in [0.29, 0.717) is 35.3 Å². The Labute approximate surface area is 149 Å². The molecule has 2 fully saturated rings. The van der Waals surface area contributed by atoms with Gasteiger partial charge in [0.05, 0.1) is 7.11 Å². The van der Waals surface area contributed by atoms with Crippen LogP contribution in [0.25, 0.3) is 0 Å². The standard InChI is InChI=1S/C19H26O5S/c1-19-8-3-4-17(19)15-11-18(24-25(20,21)22)16-10-12(23-2)5-6-13(16)14(15)7-9-19/h5-6,10,14-15,17-18H,3-4,7-9,11H2,1-2H3,(H,20,21,22)/t14?,15?,17?,18?,19-/m0/s1. The molecule has 0 bridgehead atoms. The van der Waals surface area contributed by atoms with Gasteiger partial charge in [-0.3, -0.25) is 4.55 Å². The Kier molecular flexibility index (Phi) is 4.13. The van der Waals surface area contributed by atoms with Gasteiger partial charge in [-0.1, -0.05) is 19.4 Å². The van der Waals surface area contributed by atoms with Crippen molar-refractivity contribution in [2.75, 3.05) is 7.11 Å². The van der Waals surface area contributed by atoms with E-state index in [9.17, 15) is 13.0 Å². The Hall–Kier alpha value is -1.11. The van der Waals surface area contributed by atoms with Crippen LogP contribution >= 0.6 is 0 Å². The second-order valence-electron chi connectivity index (χ2n) is 8.20. The molecule has 4 rings (SSSR count). The molecule has 0 heterocycles. The van der Waals surface area contributed by atoms with Crippen molar-refractivity contribution in [2.24, 2.45) is 17.3 Å². The summed E-state index contributed by atoms with van der Waals surface area (Å²) in [4.78, 5) is 0. The highest BCUT2D eigenvalue weighted by atomic mass is 32.3. The highest BCUT2D eigenvalue weighted by Gasteiger charge is 2.52. The van der Waals surface area contributed by atoms with Gasteiger partial charge in [-0.05, 0) is 78.5 Å². The van der Waals surface area contributed by atoms with E-state index < -0.39 is 16.5 Å². The van der Waals surface area contributed by atoms with Gasteiger partial charge in [0.15, 0.2) is 0 Å². The lowest BCUT2D eigenvalue weighted by molar-refractivity contribution is 0.0243. The molecular formula is C19H26O5S. The van der Waals surface area contributed by atoms with E-state index in [1.807, 2.05) is 12.1 Å². The highest BCUT2D eigenvalue weighted by Crippen LogP contribution is 2.62. The van der Waals surface area contributed by atoms with E-state index in [1.165, 1.54) is 31.2 Å². The van der Waals surface area contributed by atoms with Crippen molar-refractivity contribution in [3.63, 3.8) is 0 Å². The fourth-order valence-corrected chi connectivity index (χ4v) is 6.38. The zero-order chi connectivity index (χ0) is 17.8. The van der Waals surface area contributed by atoms with E-state index in [2.05, 4.69) is 13.0 Å². The van der Waals surface area contributed by atoms with Crippen LogP contribution in [0.4, 0.5) is 0 Å². The number of benzene rings is 1. The largest absolute Gasteiger partial charge is 0.497 e. The maximum Gasteiger partial charge on any atom is 0.397 e. The summed E-state index contributed by atoms with van der Waals surface area (Å²) in [6.07, 6.45) is 6.10. The summed E-state index contributed by atoms with van der Waals surface area (Å²) in [5.74, 6) is 2.14.